The molecule has 2 aliphatic carbocycles. The number of carbonyl (C=O) groups is 2. The molecule has 0 saturated carbocycles. The molecule has 2 heterocycles. The number of Topliss-reactive ketones (excluding diaryl/α,β-unsaturated/α-hetero) is 1. The SMILES string of the molecule is C=C1N(C)C(=O)C2=C(CC3=C(C(=O)c4ccccc43)C2c2cccc3nsnc23)N1C. The van der Waals surface area contributed by atoms with Crippen LogP contribution in [0.15, 0.2) is 71.7 Å². The molecule has 1 unspecified atom stereocenters. The second-order valence-electron chi connectivity index (χ2n) is 8.06. The minimum atomic E-state index is -0.503. The van der Waals surface area contributed by atoms with Crippen molar-refractivity contribution < 1.29 is 9.59 Å². The van der Waals surface area contributed by atoms with Crippen molar-refractivity contribution in [2.45, 2.75) is 12.3 Å². The number of amides is 1. The highest BCUT2D eigenvalue weighted by atomic mass is 32.1. The van der Waals surface area contributed by atoms with E-state index < -0.39 is 5.92 Å². The summed E-state index contributed by atoms with van der Waals surface area (Å²) >= 11 is 1.14. The summed E-state index contributed by atoms with van der Waals surface area (Å²) in [5.74, 6) is -0.0158. The van der Waals surface area contributed by atoms with E-state index >= 15 is 0 Å². The van der Waals surface area contributed by atoms with Crippen LogP contribution < -0.4 is 0 Å². The first kappa shape index (κ1) is 18.2. The number of allylic oxidation sites excluding steroid dienone is 2. The number of hydrogen-bond donors (Lipinski definition) is 0. The molecule has 0 saturated heterocycles. The van der Waals surface area contributed by atoms with Crippen LogP contribution in [0.1, 0.15) is 33.8 Å². The molecule has 0 radical (unpaired) electrons. The highest BCUT2D eigenvalue weighted by molar-refractivity contribution is 7.00. The van der Waals surface area contributed by atoms with Crippen molar-refractivity contribution in [3.63, 3.8) is 0 Å². The Bertz CT molecular complexity index is 1410. The number of rotatable bonds is 1. The van der Waals surface area contributed by atoms with Crippen LogP contribution in [0.25, 0.3) is 16.6 Å². The Kier molecular flexibility index (Phi) is 3.65. The van der Waals surface area contributed by atoms with Crippen molar-refractivity contribution in [2.75, 3.05) is 14.1 Å². The zero-order valence-electron chi connectivity index (χ0n) is 17.0. The lowest BCUT2D eigenvalue weighted by Gasteiger charge is -2.42. The molecule has 0 spiro atoms. The summed E-state index contributed by atoms with van der Waals surface area (Å²) < 4.78 is 8.89. The summed E-state index contributed by atoms with van der Waals surface area (Å²) in [6.07, 6.45) is 0.518. The fraction of sp³-hybridized carbons (Fsp3) is 0.167. The second-order valence-corrected chi connectivity index (χ2v) is 8.58. The molecular weight excluding hydrogens is 408 g/mol. The third kappa shape index (κ3) is 2.26. The van der Waals surface area contributed by atoms with Crippen molar-refractivity contribution >= 4 is 40.0 Å². The summed E-state index contributed by atoms with van der Waals surface area (Å²) in [7, 11) is 3.65. The molecule has 1 atom stereocenters. The number of benzene rings is 2. The van der Waals surface area contributed by atoms with Gasteiger partial charge in [-0.25, -0.2) is 0 Å². The highest BCUT2D eigenvalue weighted by Crippen LogP contribution is 2.53. The molecule has 1 aliphatic heterocycles. The molecule has 152 valence electrons. The molecule has 6 rings (SSSR count). The van der Waals surface area contributed by atoms with Gasteiger partial charge in [-0.15, -0.1) is 0 Å². The minimum Gasteiger partial charge on any atom is -0.334 e. The molecule has 6 nitrogen and oxygen atoms in total. The van der Waals surface area contributed by atoms with Gasteiger partial charge in [-0.3, -0.25) is 14.5 Å². The van der Waals surface area contributed by atoms with Crippen LogP contribution in [0.2, 0.25) is 0 Å². The van der Waals surface area contributed by atoms with E-state index in [1.807, 2.05) is 54.4 Å². The number of fused-ring (bicyclic) bond motifs is 3. The van der Waals surface area contributed by atoms with Crippen LogP contribution in [-0.4, -0.2) is 44.3 Å². The molecule has 3 aliphatic rings. The summed E-state index contributed by atoms with van der Waals surface area (Å²) in [4.78, 5) is 30.7. The Balaban J connectivity index is 1.69. The van der Waals surface area contributed by atoms with Crippen molar-refractivity contribution in [1.82, 2.24) is 18.5 Å². The third-order valence-corrected chi connectivity index (χ3v) is 7.18. The summed E-state index contributed by atoms with van der Waals surface area (Å²) in [5, 5.41) is 0. The maximum absolute atomic E-state index is 13.6. The van der Waals surface area contributed by atoms with Gasteiger partial charge in [-0.2, -0.15) is 8.75 Å². The Morgan fingerprint density at radius 3 is 2.55 bits per heavy atom. The van der Waals surface area contributed by atoms with Gasteiger partial charge < -0.3 is 4.90 Å². The van der Waals surface area contributed by atoms with Gasteiger partial charge in [0.1, 0.15) is 16.9 Å². The average Bonchev–Trinajstić information content (AvgIpc) is 3.38. The summed E-state index contributed by atoms with van der Waals surface area (Å²) in [6, 6.07) is 13.5. The van der Waals surface area contributed by atoms with E-state index in [-0.39, 0.29) is 11.7 Å². The number of ketones is 1. The first-order valence-electron chi connectivity index (χ1n) is 10.0. The largest absolute Gasteiger partial charge is 0.334 e. The number of likely N-dealkylation sites (N-methyl/N-ethyl adjacent to an activating group) is 1. The highest BCUT2D eigenvalue weighted by Gasteiger charge is 2.47. The van der Waals surface area contributed by atoms with Crippen LogP contribution in [-0.2, 0) is 4.79 Å². The number of hydrogen-bond acceptors (Lipinski definition) is 6. The fourth-order valence-electron chi connectivity index (χ4n) is 5.04. The molecule has 7 heteroatoms. The molecule has 2 aromatic carbocycles. The van der Waals surface area contributed by atoms with Gasteiger partial charge in [-0.1, -0.05) is 43.0 Å². The Labute approximate surface area is 183 Å². The van der Waals surface area contributed by atoms with E-state index in [9.17, 15) is 9.59 Å². The topological polar surface area (TPSA) is 66.4 Å². The normalized spacial score (nSPS) is 20.6. The molecule has 1 aromatic heterocycles. The standard InChI is InChI=1S/C24H18N4O2S/c1-12-27(2)18-11-16-13-7-4-5-8-14(13)23(29)20(16)19(21(18)24(30)28(12)3)15-9-6-10-17-22(15)26-31-25-17/h4-10,19H,1,11H2,2-3H3. The first-order chi connectivity index (χ1) is 15.0. The maximum atomic E-state index is 13.6. The van der Waals surface area contributed by atoms with Crippen molar-refractivity contribution in [1.29, 1.82) is 0 Å². The second kappa shape index (κ2) is 6.21. The van der Waals surface area contributed by atoms with Crippen LogP contribution in [0, 0.1) is 0 Å². The number of nitrogens with zero attached hydrogens (tertiary/aromatic N) is 4. The van der Waals surface area contributed by atoms with E-state index in [0.717, 1.165) is 45.2 Å². The maximum Gasteiger partial charge on any atom is 0.257 e. The van der Waals surface area contributed by atoms with Gasteiger partial charge in [0, 0.05) is 48.8 Å². The molecule has 0 N–H and O–H groups in total. The Morgan fingerprint density at radius 1 is 0.968 bits per heavy atom. The van der Waals surface area contributed by atoms with Gasteiger partial charge in [-0.05, 0) is 22.8 Å². The zero-order valence-corrected chi connectivity index (χ0v) is 17.9. The van der Waals surface area contributed by atoms with E-state index in [4.69, 9.17) is 0 Å². The number of carbonyl (C=O) groups excluding carboxylic acids is 2. The monoisotopic (exact) mass is 426 g/mol. The predicted octanol–water partition coefficient (Wildman–Crippen LogP) is 3.96. The van der Waals surface area contributed by atoms with Crippen LogP contribution in [0.5, 0.6) is 0 Å². The Morgan fingerprint density at radius 2 is 1.74 bits per heavy atom. The van der Waals surface area contributed by atoms with E-state index in [1.54, 1.807) is 11.9 Å². The summed E-state index contributed by atoms with van der Waals surface area (Å²) in [6.45, 7) is 4.10. The Hall–Kier alpha value is -3.58. The van der Waals surface area contributed by atoms with Crippen molar-refractivity contribution in [3.8, 4) is 0 Å². The van der Waals surface area contributed by atoms with Gasteiger partial charge in [0.25, 0.3) is 5.91 Å². The quantitative estimate of drug-likeness (QED) is 0.589. The van der Waals surface area contributed by atoms with Gasteiger partial charge >= 0.3 is 0 Å². The molecule has 0 fully saturated rings. The predicted molar refractivity (Wildman–Crippen MR) is 119 cm³/mol. The van der Waals surface area contributed by atoms with Crippen molar-refractivity contribution in [2.24, 2.45) is 0 Å². The summed E-state index contributed by atoms with van der Waals surface area (Å²) in [5.41, 5.74) is 7.19. The lowest BCUT2D eigenvalue weighted by Crippen LogP contribution is -2.44. The first-order valence-corrected chi connectivity index (χ1v) is 10.7. The van der Waals surface area contributed by atoms with Crippen LogP contribution >= 0.6 is 11.7 Å². The third-order valence-electron chi connectivity index (χ3n) is 6.64. The van der Waals surface area contributed by atoms with E-state index in [0.29, 0.717) is 29.0 Å². The fourth-order valence-corrected chi connectivity index (χ4v) is 5.59. The molecule has 31 heavy (non-hydrogen) atoms. The average molecular weight is 427 g/mol. The van der Waals surface area contributed by atoms with Gasteiger partial charge in [0.2, 0.25) is 0 Å². The molecule has 1 amide bonds. The lowest BCUT2D eigenvalue weighted by molar-refractivity contribution is -0.126. The van der Waals surface area contributed by atoms with Crippen LogP contribution in [0.3, 0.4) is 0 Å². The lowest BCUT2D eigenvalue weighted by atomic mass is 9.74. The molecule has 0 bridgehead atoms. The van der Waals surface area contributed by atoms with Crippen LogP contribution in [0.4, 0.5) is 0 Å². The van der Waals surface area contributed by atoms with Crippen molar-refractivity contribution in [3.05, 3.63) is 88.4 Å². The molecule has 3 aromatic rings. The zero-order chi connectivity index (χ0) is 21.4. The number of aromatic nitrogens is 2. The van der Waals surface area contributed by atoms with Gasteiger partial charge in [0.05, 0.1) is 11.7 Å². The van der Waals surface area contributed by atoms with Gasteiger partial charge in [0.15, 0.2) is 5.78 Å². The smallest absolute Gasteiger partial charge is 0.257 e. The van der Waals surface area contributed by atoms with E-state index in [1.165, 1.54) is 0 Å². The molecular formula is C24H18N4O2S. The van der Waals surface area contributed by atoms with E-state index in [2.05, 4.69) is 15.3 Å². The minimum absolute atomic E-state index is 0.00940.